The smallest absolute Gasteiger partial charge is 0.394 e. The van der Waals surface area contributed by atoms with Gasteiger partial charge in [0, 0.05) is 25.7 Å². The van der Waals surface area contributed by atoms with E-state index in [1.807, 2.05) is 0 Å². The van der Waals surface area contributed by atoms with Crippen LogP contribution < -0.4 is 5.32 Å². The van der Waals surface area contributed by atoms with Crippen LogP contribution in [0.15, 0.2) is 29.3 Å². The van der Waals surface area contributed by atoms with Crippen molar-refractivity contribution in [2.24, 2.45) is 4.99 Å². The lowest BCUT2D eigenvalue weighted by Gasteiger charge is -2.30. The van der Waals surface area contributed by atoms with Crippen molar-refractivity contribution in [1.82, 2.24) is 9.80 Å². The SMILES string of the molecule is COC(=O)c1ccccc1NC(=O)C[N+]1=C(Cl)N=C2C1C(=O)N(C)C(=O)N2C. The molecule has 0 aliphatic carbocycles. The molecule has 11 heteroatoms. The van der Waals surface area contributed by atoms with Gasteiger partial charge in [0.1, 0.15) is 0 Å². The zero-order chi connectivity index (χ0) is 20.6. The largest absolute Gasteiger partial charge is 0.465 e. The van der Waals surface area contributed by atoms with Gasteiger partial charge in [-0.3, -0.25) is 19.4 Å². The topological polar surface area (TPSA) is 111 Å². The number of urea groups is 1. The second-order valence-corrected chi connectivity index (χ2v) is 6.43. The van der Waals surface area contributed by atoms with Crippen molar-refractivity contribution in [2.45, 2.75) is 6.04 Å². The maximum absolute atomic E-state index is 12.6. The Kier molecular flexibility index (Phi) is 5.14. The molecule has 4 amide bonds. The van der Waals surface area contributed by atoms with E-state index in [0.29, 0.717) is 0 Å². The highest BCUT2D eigenvalue weighted by atomic mass is 35.5. The van der Waals surface area contributed by atoms with Crippen LogP contribution in [0.25, 0.3) is 0 Å². The number of anilines is 1. The zero-order valence-electron chi connectivity index (χ0n) is 15.3. The first-order valence-electron chi connectivity index (χ1n) is 8.16. The molecule has 2 heterocycles. The van der Waals surface area contributed by atoms with Crippen LogP contribution in [0.5, 0.6) is 0 Å². The second kappa shape index (κ2) is 7.39. The van der Waals surface area contributed by atoms with Crippen LogP contribution in [0.3, 0.4) is 0 Å². The van der Waals surface area contributed by atoms with Crippen molar-refractivity contribution < 1.29 is 28.5 Å². The number of fused-ring (bicyclic) bond motifs is 1. The van der Waals surface area contributed by atoms with Crippen LogP contribution >= 0.6 is 11.6 Å². The third-order valence-electron chi connectivity index (χ3n) is 4.40. The number of aliphatic imine (C=N–C) groups is 1. The maximum atomic E-state index is 12.6. The number of amides is 4. The summed E-state index contributed by atoms with van der Waals surface area (Å²) in [6.45, 7) is -0.312. The van der Waals surface area contributed by atoms with Crippen LogP contribution in [0.4, 0.5) is 10.5 Å². The third kappa shape index (κ3) is 3.22. The van der Waals surface area contributed by atoms with E-state index in [0.717, 1.165) is 4.90 Å². The summed E-state index contributed by atoms with van der Waals surface area (Å²) in [7, 11) is 4.05. The van der Waals surface area contributed by atoms with E-state index < -0.39 is 29.9 Å². The number of hydrogen-bond acceptors (Lipinski definition) is 6. The monoisotopic (exact) mass is 406 g/mol. The van der Waals surface area contributed by atoms with E-state index in [-0.39, 0.29) is 28.9 Å². The molecule has 0 saturated carbocycles. The molecule has 0 radical (unpaired) electrons. The fraction of sp³-hybridized carbons (Fsp3) is 0.294. The lowest BCUT2D eigenvalue weighted by Crippen LogP contribution is -2.62. The summed E-state index contributed by atoms with van der Waals surface area (Å²) in [4.78, 5) is 55.2. The number of carbonyl (C=O) groups excluding carboxylic acids is 4. The Morgan fingerprint density at radius 1 is 1.25 bits per heavy atom. The van der Waals surface area contributed by atoms with Gasteiger partial charge >= 0.3 is 17.3 Å². The molecule has 0 spiro atoms. The molecule has 1 fully saturated rings. The van der Waals surface area contributed by atoms with E-state index in [9.17, 15) is 19.2 Å². The summed E-state index contributed by atoms with van der Waals surface area (Å²) in [5.41, 5.74) is 0.445. The number of rotatable bonds is 4. The maximum Gasteiger partial charge on any atom is 0.394 e. The molecule has 0 bridgehead atoms. The first-order valence-corrected chi connectivity index (χ1v) is 8.54. The molecular formula is C17H17ClN5O5+. The van der Waals surface area contributed by atoms with Gasteiger partial charge in [0.05, 0.1) is 18.4 Å². The van der Waals surface area contributed by atoms with Crippen molar-refractivity contribution in [2.75, 3.05) is 33.1 Å². The number of methoxy groups -OCH3 is 1. The Bertz CT molecular complexity index is 957. The van der Waals surface area contributed by atoms with E-state index in [2.05, 4.69) is 10.3 Å². The van der Waals surface area contributed by atoms with Gasteiger partial charge < -0.3 is 10.1 Å². The van der Waals surface area contributed by atoms with Gasteiger partial charge in [-0.05, 0) is 17.1 Å². The zero-order valence-corrected chi connectivity index (χ0v) is 16.1. The number of imide groups is 1. The molecule has 1 saturated heterocycles. The fourth-order valence-electron chi connectivity index (χ4n) is 2.95. The van der Waals surface area contributed by atoms with Gasteiger partial charge in [-0.2, -0.15) is 0 Å². The summed E-state index contributed by atoms with van der Waals surface area (Å²) in [5, 5.41) is 2.52. The number of hydrogen-bond donors (Lipinski definition) is 1. The summed E-state index contributed by atoms with van der Waals surface area (Å²) >= 11 is 6.12. The predicted molar refractivity (Wildman–Crippen MR) is 99.6 cm³/mol. The number of esters is 1. The first kappa shape index (κ1) is 19.5. The van der Waals surface area contributed by atoms with E-state index in [1.54, 1.807) is 18.2 Å². The van der Waals surface area contributed by atoms with Crippen LogP contribution in [-0.4, -0.2) is 83.1 Å². The lowest BCUT2D eigenvalue weighted by molar-refractivity contribution is -0.521. The number of amidine groups is 2. The third-order valence-corrected chi connectivity index (χ3v) is 4.70. The summed E-state index contributed by atoms with van der Waals surface area (Å²) < 4.78 is 5.98. The van der Waals surface area contributed by atoms with Gasteiger partial charge in [-0.1, -0.05) is 12.1 Å². The Morgan fingerprint density at radius 2 is 1.93 bits per heavy atom. The van der Waals surface area contributed by atoms with Gasteiger partial charge in [-0.15, -0.1) is 0 Å². The number of nitrogens with one attached hydrogen (secondary N) is 1. The number of nitrogens with zero attached hydrogens (tertiary/aromatic N) is 4. The molecule has 2 aliphatic rings. The quantitative estimate of drug-likeness (QED) is 0.440. The van der Waals surface area contributed by atoms with E-state index in [1.165, 1.54) is 36.7 Å². The molecule has 10 nitrogen and oxygen atoms in total. The van der Waals surface area contributed by atoms with E-state index >= 15 is 0 Å². The lowest BCUT2D eigenvalue weighted by atomic mass is 10.1. The Hall–Kier alpha value is -3.27. The molecule has 1 aromatic carbocycles. The minimum Gasteiger partial charge on any atom is -0.465 e. The number of para-hydroxylation sites is 1. The highest BCUT2D eigenvalue weighted by Crippen LogP contribution is 2.20. The van der Waals surface area contributed by atoms with Crippen LogP contribution in [0, 0.1) is 0 Å². The summed E-state index contributed by atoms with van der Waals surface area (Å²) in [6.07, 6.45) is 0. The average molecular weight is 407 g/mol. The molecule has 2 aliphatic heterocycles. The summed E-state index contributed by atoms with van der Waals surface area (Å²) in [6, 6.07) is 4.82. The second-order valence-electron chi connectivity index (χ2n) is 6.09. The summed E-state index contributed by atoms with van der Waals surface area (Å²) in [5.74, 6) is -1.52. The van der Waals surface area contributed by atoms with Crippen LogP contribution in [0.2, 0.25) is 0 Å². The minimum absolute atomic E-state index is 0.0836. The van der Waals surface area contributed by atoms with Gasteiger partial charge in [0.2, 0.25) is 0 Å². The molecule has 1 atom stereocenters. The molecular weight excluding hydrogens is 390 g/mol. The number of likely N-dealkylation sites (N-methyl/N-ethyl adjacent to an activating group) is 2. The van der Waals surface area contributed by atoms with Gasteiger partial charge in [0.15, 0.2) is 6.54 Å². The van der Waals surface area contributed by atoms with Crippen molar-refractivity contribution in [3.05, 3.63) is 29.8 Å². The molecule has 28 heavy (non-hydrogen) atoms. The van der Waals surface area contributed by atoms with Crippen molar-refractivity contribution >= 4 is 52.2 Å². The molecule has 1 unspecified atom stereocenters. The fourth-order valence-corrected chi connectivity index (χ4v) is 3.19. The van der Waals surface area contributed by atoms with Crippen LogP contribution in [0.1, 0.15) is 10.4 Å². The highest BCUT2D eigenvalue weighted by molar-refractivity contribution is 6.65. The van der Waals surface area contributed by atoms with Gasteiger partial charge in [0.25, 0.3) is 23.7 Å². The standard InChI is InChI=1S/C17H16ClN5O5/c1-21-13-12(14(25)22(2)17(21)27)23(16(18)20-13)8-11(24)19-10-7-5-4-6-9(10)15(26)28-3/h4-7,12H,8H2,1-3H3/p+1. The molecule has 146 valence electrons. The van der Waals surface area contributed by atoms with Crippen molar-refractivity contribution in [3.8, 4) is 0 Å². The van der Waals surface area contributed by atoms with Crippen LogP contribution in [-0.2, 0) is 14.3 Å². The Labute approximate surface area is 165 Å². The van der Waals surface area contributed by atoms with Crippen molar-refractivity contribution in [3.63, 3.8) is 0 Å². The molecule has 1 aromatic rings. The minimum atomic E-state index is -0.984. The Morgan fingerprint density at radius 3 is 2.61 bits per heavy atom. The van der Waals surface area contributed by atoms with Crippen molar-refractivity contribution in [1.29, 1.82) is 0 Å². The molecule has 1 N–H and O–H groups in total. The highest BCUT2D eigenvalue weighted by Gasteiger charge is 2.53. The molecule has 3 rings (SSSR count). The normalized spacial score (nSPS) is 18.9. The number of benzene rings is 1. The van der Waals surface area contributed by atoms with E-state index in [4.69, 9.17) is 16.3 Å². The van der Waals surface area contributed by atoms with Gasteiger partial charge in [-0.25, -0.2) is 14.2 Å². The predicted octanol–water partition coefficient (Wildman–Crippen LogP) is 0.323. The first-order chi connectivity index (χ1) is 13.3. The average Bonchev–Trinajstić information content (AvgIpc) is 3.00. The number of carbonyl (C=O) groups is 4. The number of halogens is 1. The molecule has 0 aromatic heterocycles. The number of ether oxygens (including phenoxy) is 1. The Balaban J connectivity index is 1.81.